The van der Waals surface area contributed by atoms with E-state index in [4.69, 9.17) is 6.42 Å². The van der Waals surface area contributed by atoms with Crippen molar-refractivity contribution in [1.82, 2.24) is 4.98 Å². The topological polar surface area (TPSA) is 12.9 Å². The minimum Gasteiger partial charge on any atom is -0.245 e. The predicted octanol–water partition coefficient (Wildman–Crippen LogP) is 2.27. The van der Waals surface area contributed by atoms with Gasteiger partial charge in [0.1, 0.15) is 5.03 Å². The largest absolute Gasteiger partial charge is 0.245 e. The van der Waals surface area contributed by atoms with Gasteiger partial charge in [-0.3, -0.25) is 0 Å². The first-order valence-electron chi connectivity index (χ1n) is 4.38. The third-order valence-corrected chi connectivity index (χ3v) is 3.06. The van der Waals surface area contributed by atoms with Crippen LogP contribution >= 0.6 is 11.8 Å². The smallest absolute Gasteiger partial charge is 0.112 e. The summed E-state index contributed by atoms with van der Waals surface area (Å²) in [5.74, 6) is 2.69. The normalized spacial score (nSPS) is 13.8. The Morgan fingerprint density at radius 3 is 3.08 bits per heavy atom. The van der Waals surface area contributed by atoms with Crippen LogP contribution in [0.2, 0.25) is 0 Å². The third-order valence-electron chi connectivity index (χ3n) is 2.36. The van der Waals surface area contributed by atoms with Crippen molar-refractivity contribution in [2.24, 2.45) is 0 Å². The minimum absolute atomic E-state index is 0.952. The molecule has 0 spiro atoms. The molecule has 0 fully saturated rings. The Balaban J connectivity index is 2.55. The molecule has 0 atom stereocenters. The summed E-state index contributed by atoms with van der Waals surface area (Å²) in [5.41, 5.74) is 3.56. The molecule has 0 aromatic carbocycles. The van der Waals surface area contributed by atoms with Crippen LogP contribution in [0.4, 0.5) is 0 Å². The van der Waals surface area contributed by atoms with Gasteiger partial charge in [-0.05, 0) is 37.1 Å². The highest BCUT2D eigenvalue weighted by molar-refractivity contribution is 7.98. The zero-order valence-electron chi connectivity index (χ0n) is 7.63. The van der Waals surface area contributed by atoms with E-state index in [0.717, 1.165) is 23.4 Å². The van der Waals surface area contributed by atoms with Gasteiger partial charge in [0.15, 0.2) is 0 Å². The highest BCUT2D eigenvalue weighted by Gasteiger charge is 2.14. The van der Waals surface area contributed by atoms with Crippen LogP contribution in [0, 0.1) is 12.3 Å². The molecule has 0 N–H and O–H groups in total. The maximum atomic E-state index is 5.42. The Morgan fingerprint density at radius 2 is 2.38 bits per heavy atom. The third kappa shape index (κ3) is 1.45. The number of nitrogens with zero attached hydrogens (tertiary/aromatic N) is 1. The average molecular weight is 189 g/mol. The van der Waals surface area contributed by atoms with Crippen molar-refractivity contribution in [1.29, 1.82) is 0 Å². The van der Waals surface area contributed by atoms with Crippen LogP contribution in [-0.2, 0) is 12.8 Å². The molecule has 0 unspecified atom stereocenters. The molecule has 0 saturated heterocycles. The lowest BCUT2D eigenvalue weighted by molar-refractivity contribution is 0.891. The summed E-state index contributed by atoms with van der Waals surface area (Å²) in [6.45, 7) is 0. The summed E-state index contributed by atoms with van der Waals surface area (Å²) in [6, 6.07) is 2.13. The lowest BCUT2D eigenvalue weighted by Gasteiger charge is -2.04. The molecule has 13 heavy (non-hydrogen) atoms. The van der Waals surface area contributed by atoms with Gasteiger partial charge in [-0.15, -0.1) is 18.2 Å². The molecule has 1 nitrogen and oxygen atoms in total. The van der Waals surface area contributed by atoms with Crippen LogP contribution in [-0.4, -0.2) is 11.2 Å². The van der Waals surface area contributed by atoms with Crippen LogP contribution < -0.4 is 0 Å². The van der Waals surface area contributed by atoms with Gasteiger partial charge in [0.2, 0.25) is 0 Å². The number of hydrogen-bond acceptors (Lipinski definition) is 2. The van der Waals surface area contributed by atoms with E-state index < -0.39 is 0 Å². The van der Waals surface area contributed by atoms with E-state index in [1.807, 2.05) is 6.26 Å². The molecule has 66 valence electrons. The van der Waals surface area contributed by atoms with E-state index in [1.54, 1.807) is 11.8 Å². The number of fused-ring (bicyclic) bond motifs is 1. The molecule has 1 aromatic heterocycles. The van der Waals surface area contributed by atoms with Gasteiger partial charge in [-0.25, -0.2) is 4.98 Å². The monoisotopic (exact) mass is 189 g/mol. The molecule has 2 heteroatoms. The second-order valence-electron chi connectivity index (χ2n) is 3.15. The van der Waals surface area contributed by atoms with E-state index in [2.05, 4.69) is 17.0 Å². The fourth-order valence-electron chi connectivity index (χ4n) is 1.71. The van der Waals surface area contributed by atoms with Crippen LogP contribution in [0.15, 0.2) is 11.1 Å². The molecule has 1 heterocycles. The molecule has 0 saturated carbocycles. The molecule has 0 amide bonds. The standard InChI is InChI=1S/C11H11NS/c1-3-8-7-9-5-4-6-10(9)12-11(8)13-2/h1,7H,4-6H2,2H3. The molecule has 1 aromatic rings. The summed E-state index contributed by atoms with van der Waals surface area (Å²) >= 11 is 1.63. The number of pyridine rings is 1. The van der Waals surface area contributed by atoms with Gasteiger partial charge >= 0.3 is 0 Å². The number of aromatic nitrogens is 1. The van der Waals surface area contributed by atoms with Crippen molar-refractivity contribution in [3.05, 3.63) is 22.9 Å². The average Bonchev–Trinajstić information content (AvgIpc) is 2.62. The second kappa shape index (κ2) is 3.43. The lowest BCUT2D eigenvalue weighted by atomic mass is 10.1. The van der Waals surface area contributed by atoms with E-state index in [9.17, 15) is 0 Å². The molecule has 2 rings (SSSR count). The first-order valence-corrected chi connectivity index (χ1v) is 5.61. The van der Waals surface area contributed by atoms with Gasteiger partial charge in [0.05, 0.1) is 5.56 Å². The Labute approximate surface area is 83.0 Å². The molecule has 0 radical (unpaired) electrons. The fourth-order valence-corrected chi connectivity index (χ4v) is 2.25. The molecular weight excluding hydrogens is 178 g/mol. The molecule has 0 aliphatic heterocycles. The predicted molar refractivity (Wildman–Crippen MR) is 56.0 cm³/mol. The summed E-state index contributed by atoms with van der Waals surface area (Å²) in [4.78, 5) is 4.56. The van der Waals surface area contributed by atoms with Crippen LogP contribution in [0.1, 0.15) is 23.2 Å². The van der Waals surface area contributed by atoms with Crippen LogP contribution in [0.5, 0.6) is 0 Å². The van der Waals surface area contributed by atoms with Crippen molar-refractivity contribution in [3.8, 4) is 12.3 Å². The highest BCUT2D eigenvalue weighted by atomic mass is 32.2. The van der Waals surface area contributed by atoms with Crippen LogP contribution in [0.3, 0.4) is 0 Å². The minimum atomic E-state index is 0.952. The van der Waals surface area contributed by atoms with Crippen molar-refractivity contribution in [2.75, 3.05) is 6.26 Å². The quantitative estimate of drug-likeness (QED) is 0.496. The van der Waals surface area contributed by atoms with Crippen molar-refractivity contribution < 1.29 is 0 Å². The van der Waals surface area contributed by atoms with E-state index in [0.29, 0.717) is 0 Å². The number of hydrogen-bond donors (Lipinski definition) is 0. The summed E-state index contributed by atoms with van der Waals surface area (Å²) in [5, 5.41) is 1.00. The Bertz CT molecular complexity index is 376. The number of thioether (sulfide) groups is 1. The summed E-state index contributed by atoms with van der Waals surface area (Å²) < 4.78 is 0. The highest BCUT2D eigenvalue weighted by Crippen LogP contribution is 2.26. The first kappa shape index (κ1) is 8.65. The van der Waals surface area contributed by atoms with E-state index in [1.165, 1.54) is 17.7 Å². The van der Waals surface area contributed by atoms with E-state index >= 15 is 0 Å². The SMILES string of the molecule is C#Cc1cc2c(nc1SC)CCC2. The number of terminal acetylenes is 1. The van der Waals surface area contributed by atoms with Crippen molar-refractivity contribution in [2.45, 2.75) is 24.3 Å². The maximum absolute atomic E-state index is 5.42. The van der Waals surface area contributed by atoms with Gasteiger partial charge in [-0.1, -0.05) is 5.92 Å². The summed E-state index contributed by atoms with van der Waals surface area (Å²) in [7, 11) is 0. The second-order valence-corrected chi connectivity index (χ2v) is 3.94. The van der Waals surface area contributed by atoms with Gasteiger partial charge in [0, 0.05) is 5.69 Å². The molecular formula is C11H11NS. The first-order chi connectivity index (χ1) is 6.35. The van der Waals surface area contributed by atoms with E-state index in [-0.39, 0.29) is 0 Å². The molecule has 0 bridgehead atoms. The van der Waals surface area contributed by atoms with Crippen molar-refractivity contribution in [3.63, 3.8) is 0 Å². The molecule has 1 aliphatic rings. The fraction of sp³-hybridized carbons (Fsp3) is 0.364. The van der Waals surface area contributed by atoms with Crippen molar-refractivity contribution >= 4 is 11.8 Å². The van der Waals surface area contributed by atoms with Crippen LogP contribution in [0.25, 0.3) is 0 Å². The van der Waals surface area contributed by atoms with Gasteiger partial charge in [-0.2, -0.15) is 0 Å². The number of rotatable bonds is 1. The molecule has 1 aliphatic carbocycles. The van der Waals surface area contributed by atoms with Gasteiger partial charge < -0.3 is 0 Å². The maximum Gasteiger partial charge on any atom is 0.112 e. The Morgan fingerprint density at radius 1 is 1.54 bits per heavy atom. The number of aryl methyl sites for hydroxylation is 2. The van der Waals surface area contributed by atoms with Gasteiger partial charge in [0.25, 0.3) is 0 Å². The Hall–Kier alpha value is -0.940. The summed E-state index contributed by atoms with van der Waals surface area (Å²) in [6.07, 6.45) is 10.9. The zero-order valence-corrected chi connectivity index (χ0v) is 8.45. The lowest BCUT2D eigenvalue weighted by Crippen LogP contribution is -1.93. The Kier molecular flexibility index (Phi) is 2.28. The zero-order chi connectivity index (χ0) is 9.26.